The Balaban J connectivity index is 2.18. The molecule has 0 aliphatic carbocycles. The summed E-state index contributed by atoms with van der Waals surface area (Å²) >= 11 is 1.63. The van der Waals surface area contributed by atoms with E-state index >= 15 is 0 Å². The molecule has 0 saturated carbocycles. The molecule has 0 unspecified atom stereocenters. The molecular weight excluding hydrogens is 98.1 g/mol. The van der Waals surface area contributed by atoms with Gasteiger partial charge in [-0.1, -0.05) is 0 Å². The second-order valence-electron chi connectivity index (χ2n) is 1.15. The summed E-state index contributed by atoms with van der Waals surface area (Å²) in [7, 11) is 0. The molecule has 1 saturated heterocycles. The SMILES string of the molecule is ON1C[CH+]SC1. The molecule has 1 rings (SSSR count). The fraction of sp³-hybridized carbons (Fsp3) is 0.667. The summed E-state index contributed by atoms with van der Waals surface area (Å²) in [6, 6.07) is 0. The molecule has 2 nitrogen and oxygen atoms in total. The quantitative estimate of drug-likeness (QED) is 0.454. The van der Waals surface area contributed by atoms with Crippen LogP contribution in [0.5, 0.6) is 0 Å². The third kappa shape index (κ3) is 0.801. The van der Waals surface area contributed by atoms with E-state index in [0.29, 0.717) is 6.54 Å². The maximum absolute atomic E-state index is 8.51. The van der Waals surface area contributed by atoms with E-state index in [1.807, 2.05) is 5.75 Å². The van der Waals surface area contributed by atoms with Crippen LogP contribution in [0.25, 0.3) is 0 Å². The van der Waals surface area contributed by atoms with Crippen LogP contribution in [0, 0.1) is 5.75 Å². The standard InChI is InChI=1S/C3H6NOS/c5-4-1-2-6-3-4/h2,5H,1,3H2/q+1. The summed E-state index contributed by atoms with van der Waals surface area (Å²) in [5.41, 5.74) is 0. The van der Waals surface area contributed by atoms with Crippen LogP contribution >= 0.6 is 11.8 Å². The van der Waals surface area contributed by atoms with Crippen LogP contribution in [0.2, 0.25) is 0 Å². The van der Waals surface area contributed by atoms with Gasteiger partial charge in [0.2, 0.25) is 0 Å². The van der Waals surface area contributed by atoms with Crippen molar-refractivity contribution in [2.45, 2.75) is 0 Å². The highest BCUT2D eigenvalue weighted by Gasteiger charge is 2.17. The van der Waals surface area contributed by atoms with Gasteiger partial charge in [-0.3, -0.25) is 0 Å². The number of hydroxylamine groups is 2. The van der Waals surface area contributed by atoms with Crippen molar-refractivity contribution in [3.63, 3.8) is 0 Å². The summed E-state index contributed by atoms with van der Waals surface area (Å²) in [6.45, 7) is 0.713. The van der Waals surface area contributed by atoms with E-state index in [-0.39, 0.29) is 0 Å². The van der Waals surface area contributed by atoms with Gasteiger partial charge in [-0.2, -0.15) is 0 Å². The third-order valence-corrected chi connectivity index (χ3v) is 1.46. The molecule has 0 amide bonds. The van der Waals surface area contributed by atoms with Crippen molar-refractivity contribution in [1.29, 1.82) is 0 Å². The van der Waals surface area contributed by atoms with Gasteiger partial charge in [-0.05, 0) is 0 Å². The minimum atomic E-state index is 0.713. The molecule has 1 heterocycles. The number of hydrogen-bond donors (Lipinski definition) is 1. The van der Waals surface area contributed by atoms with Crippen molar-refractivity contribution in [1.82, 2.24) is 5.06 Å². The Morgan fingerprint density at radius 2 is 2.67 bits per heavy atom. The molecule has 1 fully saturated rings. The van der Waals surface area contributed by atoms with Gasteiger partial charge < -0.3 is 5.21 Å². The van der Waals surface area contributed by atoms with E-state index < -0.39 is 0 Å². The van der Waals surface area contributed by atoms with Gasteiger partial charge >= 0.3 is 0 Å². The van der Waals surface area contributed by atoms with Gasteiger partial charge in [-0.25, -0.2) is 0 Å². The van der Waals surface area contributed by atoms with E-state index in [9.17, 15) is 0 Å². The van der Waals surface area contributed by atoms with E-state index in [2.05, 4.69) is 0 Å². The number of rotatable bonds is 0. The summed E-state index contributed by atoms with van der Waals surface area (Å²) in [6.07, 6.45) is 0. The van der Waals surface area contributed by atoms with Crippen molar-refractivity contribution in [3.05, 3.63) is 5.75 Å². The molecule has 0 spiro atoms. The molecule has 1 aliphatic heterocycles. The average molecular weight is 104 g/mol. The first kappa shape index (κ1) is 4.30. The van der Waals surface area contributed by atoms with E-state index in [1.54, 1.807) is 11.8 Å². The predicted molar refractivity (Wildman–Crippen MR) is 25.3 cm³/mol. The first-order valence-corrected chi connectivity index (χ1v) is 2.81. The second kappa shape index (κ2) is 1.73. The van der Waals surface area contributed by atoms with Crippen LogP contribution in [0.4, 0.5) is 0 Å². The largest absolute Gasteiger partial charge is 0.309 e. The van der Waals surface area contributed by atoms with Crippen molar-refractivity contribution < 1.29 is 5.21 Å². The number of nitrogens with zero attached hydrogens (tertiary/aromatic N) is 1. The minimum Gasteiger partial charge on any atom is -0.309 e. The normalized spacial score (nSPS) is 24.2. The van der Waals surface area contributed by atoms with Crippen molar-refractivity contribution >= 4 is 11.8 Å². The van der Waals surface area contributed by atoms with Crippen molar-refractivity contribution in [3.8, 4) is 0 Å². The molecule has 1 N–H and O–H groups in total. The summed E-state index contributed by atoms with van der Waals surface area (Å²) in [4.78, 5) is 0. The summed E-state index contributed by atoms with van der Waals surface area (Å²) in [5.74, 6) is 2.71. The monoisotopic (exact) mass is 104 g/mol. The Kier molecular flexibility index (Phi) is 1.24. The molecule has 6 heavy (non-hydrogen) atoms. The zero-order valence-electron chi connectivity index (χ0n) is 3.29. The Morgan fingerprint density at radius 1 is 1.83 bits per heavy atom. The lowest BCUT2D eigenvalue weighted by Gasteiger charge is -1.91. The summed E-state index contributed by atoms with van der Waals surface area (Å²) in [5, 5.41) is 9.78. The highest BCUT2D eigenvalue weighted by molar-refractivity contribution is 8.01. The molecule has 0 aromatic rings. The van der Waals surface area contributed by atoms with Crippen molar-refractivity contribution in [2.24, 2.45) is 0 Å². The van der Waals surface area contributed by atoms with Crippen LogP contribution in [-0.2, 0) is 0 Å². The van der Waals surface area contributed by atoms with E-state index in [4.69, 9.17) is 5.21 Å². The first-order chi connectivity index (χ1) is 2.89. The zero-order valence-corrected chi connectivity index (χ0v) is 4.11. The van der Waals surface area contributed by atoms with Gasteiger partial charge in [-0.15, -0.1) is 5.06 Å². The molecule has 3 heteroatoms. The number of hydrogen-bond acceptors (Lipinski definition) is 3. The lowest BCUT2D eigenvalue weighted by Crippen LogP contribution is -2.11. The Hall–Kier alpha value is 0.140. The molecule has 0 aromatic carbocycles. The van der Waals surface area contributed by atoms with Crippen LogP contribution in [-0.4, -0.2) is 22.7 Å². The molecule has 34 valence electrons. The maximum atomic E-state index is 8.51. The number of thioether (sulfide) groups is 1. The van der Waals surface area contributed by atoms with Gasteiger partial charge in [0, 0.05) is 0 Å². The molecule has 1 aliphatic rings. The molecular formula is C3H6NOS+. The van der Waals surface area contributed by atoms with Gasteiger partial charge in [0.25, 0.3) is 0 Å². The van der Waals surface area contributed by atoms with E-state index in [0.717, 1.165) is 5.88 Å². The zero-order chi connectivity index (χ0) is 4.41. The second-order valence-corrected chi connectivity index (χ2v) is 2.08. The fourth-order valence-corrected chi connectivity index (χ4v) is 0.991. The topological polar surface area (TPSA) is 23.5 Å². The Bertz CT molecular complexity index is 44.1. The van der Waals surface area contributed by atoms with E-state index in [1.165, 1.54) is 5.06 Å². The fourth-order valence-electron chi connectivity index (χ4n) is 0.330. The molecule has 0 radical (unpaired) electrons. The highest BCUT2D eigenvalue weighted by Crippen LogP contribution is 2.14. The van der Waals surface area contributed by atoms with Crippen LogP contribution in [0.3, 0.4) is 0 Å². The smallest absolute Gasteiger partial charge is 0.176 e. The first-order valence-electron chi connectivity index (χ1n) is 1.77. The lowest BCUT2D eigenvalue weighted by atomic mass is 10.8. The Morgan fingerprint density at radius 3 is 2.83 bits per heavy atom. The predicted octanol–water partition coefficient (Wildman–Crippen LogP) is 0.544. The molecule has 0 bridgehead atoms. The van der Waals surface area contributed by atoms with Crippen LogP contribution < -0.4 is 0 Å². The van der Waals surface area contributed by atoms with Crippen molar-refractivity contribution in [2.75, 3.05) is 12.4 Å². The maximum Gasteiger partial charge on any atom is 0.176 e. The third-order valence-electron chi connectivity index (χ3n) is 0.627. The Labute approximate surface area is 41.1 Å². The van der Waals surface area contributed by atoms with Gasteiger partial charge in [0.15, 0.2) is 12.3 Å². The van der Waals surface area contributed by atoms with Crippen LogP contribution in [0.1, 0.15) is 0 Å². The van der Waals surface area contributed by atoms with Crippen LogP contribution in [0.15, 0.2) is 0 Å². The highest BCUT2D eigenvalue weighted by atomic mass is 32.2. The van der Waals surface area contributed by atoms with Gasteiger partial charge in [0.1, 0.15) is 5.88 Å². The average Bonchev–Trinajstić information content (AvgIpc) is 1.86. The molecule has 0 aromatic heterocycles. The summed E-state index contributed by atoms with van der Waals surface area (Å²) < 4.78 is 0. The van der Waals surface area contributed by atoms with Gasteiger partial charge in [0.05, 0.1) is 11.8 Å². The molecule has 0 atom stereocenters. The minimum absolute atomic E-state index is 0.713. The lowest BCUT2D eigenvalue weighted by molar-refractivity contribution is -0.0571.